The highest BCUT2D eigenvalue weighted by molar-refractivity contribution is 6.05. The lowest BCUT2D eigenvalue weighted by Crippen LogP contribution is -2.14. The minimum Gasteiger partial charge on any atom is -0.228 e. The summed E-state index contributed by atoms with van der Waals surface area (Å²) < 4.78 is 115. The minimum atomic E-state index is -3.50. The molecule has 1 aliphatic rings. The average Bonchev–Trinajstić information content (AvgIpc) is 3.70. The fourth-order valence-corrected chi connectivity index (χ4v) is 7.46. The standard InChI is InChI=1S/C53H38N2/c1-53(2)48-23-12-11-22-45(48)46-29-28-40(33-49(46)53)39-18-13-19-41(32-39)42-30-31-47(44-21-10-9-20-43(42)44)51-34-50(54-52(55-51)38-16-7-4-8-17-38)37-26-24-36(25-27-37)35-14-5-3-6-15-35/h3-34H,1-2H3/i1D3,2D3,11D,12D,22D,23D,28D,29D,33D. The van der Waals surface area contributed by atoms with Gasteiger partial charge in [0.1, 0.15) is 0 Å². The lowest BCUT2D eigenvalue weighted by atomic mass is 9.81. The van der Waals surface area contributed by atoms with Gasteiger partial charge < -0.3 is 0 Å². The van der Waals surface area contributed by atoms with Gasteiger partial charge in [-0.15, -0.1) is 0 Å². The summed E-state index contributed by atoms with van der Waals surface area (Å²) in [7, 11) is 0. The van der Waals surface area contributed by atoms with E-state index in [1.54, 1.807) is 18.2 Å². The zero-order valence-corrected chi connectivity index (χ0v) is 29.3. The third-order valence-corrected chi connectivity index (χ3v) is 10.2. The van der Waals surface area contributed by atoms with E-state index in [1.165, 1.54) is 0 Å². The summed E-state index contributed by atoms with van der Waals surface area (Å²) in [6.07, 6.45) is 0. The van der Waals surface area contributed by atoms with Gasteiger partial charge in [-0.05, 0) is 84.6 Å². The Morgan fingerprint density at radius 3 is 1.80 bits per heavy atom. The molecule has 0 unspecified atom stereocenters. The number of fused-ring (bicyclic) bond motifs is 4. The van der Waals surface area contributed by atoms with Gasteiger partial charge in [0.15, 0.2) is 5.82 Å². The lowest BCUT2D eigenvalue weighted by molar-refractivity contribution is 0.660. The van der Waals surface area contributed by atoms with E-state index in [0.29, 0.717) is 17.1 Å². The molecular formula is C53H38N2. The lowest BCUT2D eigenvalue weighted by Gasteiger charge is -2.22. The van der Waals surface area contributed by atoms with Gasteiger partial charge in [-0.1, -0.05) is 189 Å². The Morgan fingerprint density at radius 2 is 1.02 bits per heavy atom. The summed E-state index contributed by atoms with van der Waals surface area (Å²) in [5.41, 5.74) is 2.14. The van der Waals surface area contributed by atoms with Crippen molar-refractivity contribution >= 4 is 10.8 Å². The third kappa shape index (κ3) is 5.75. The predicted molar refractivity (Wildman–Crippen MR) is 230 cm³/mol. The van der Waals surface area contributed by atoms with Crippen LogP contribution in [0.1, 0.15) is 42.7 Å². The molecular weight excluding hydrogens is 665 g/mol. The molecule has 55 heavy (non-hydrogen) atoms. The van der Waals surface area contributed by atoms with E-state index in [-0.39, 0.29) is 11.1 Å². The van der Waals surface area contributed by atoms with Gasteiger partial charge >= 0.3 is 0 Å². The molecule has 1 heterocycles. The van der Waals surface area contributed by atoms with E-state index < -0.39 is 83.7 Å². The summed E-state index contributed by atoms with van der Waals surface area (Å²) >= 11 is 0. The van der Waals surface area contributed by atoms with Gasteiger partial charge in [0.05, 0.1) is 21.0 Å². The van der Waals surface area contributed by atoms with E-state index in [9.17, 15) is 4.11 Å². The highest BCUT2D eigenvalue weighted by Gasteiger charge is 2.35. The van der Waals surface area contributed by atoms with E-state index in [2.05, 4.69) is 36.4 Å². The van der Waals surface area contributed by atoms with E-state index in [0.717, 1.165) is 49.8 Å². The van der Waals surface area contributed by atoms with Crippen molar-refractivity contribution in [3.8, 4) is 78.4 Å². The smallest absolute Gasteiger partial charge is 0.160 e. The Bertz CT molecular complexity index is 3480. The second-order valence-corrected chi connectivity index (χ2v) is 13.6. The van der Waals surface area contributed by atoms with Crippen LogP contribution < -0.4 is 0 Å². The molecule has 10 rings (SSSR count). The molecule has 1 aliphatic carbocycles. The number of hydrogen-bond donors (Lipinski definition) is 0. The molecule has 260 valence electrons. The molecule has 0 N–H and O–H groups in total. The second kappa shape index (κ2) is 13.2. The largest absolute Gasteiger partial charge is 0.228 e. The van der Waals surface area contributed by atoms with Crippen LogP contribution in [0.4, 0.5) is 0 Å². The van der Waals surface area contributed by atoms with Crippen LogP contribution in [0.25, 0.3) is 89.2 Å². The van der Waals surface area contributed by atoms with Crippen molar-refractivity contribution in [1.29, 1.82) is 0 Å². The first-order valence-electron chi connectivity index (χ1n) is 24.4. The van der Waals surface area contributed by atoms with Gasteiger partial charge in [0.2, 0.25) is 0 Å². The highest BCUT2D eigenvalue weighted by atomic mass is 14.9. The summed E-state index contributed by atoms with van der Waals surface area (Å²) in [4.78, 5) is 10.2. The molecule has 0 amide bonds. The minimum absolute atomic E-state index is 0.212. The van der Waals surface area contributed by atoms with Crippen LogP contribution in [0.2, 0.25) is 0 Å². The van der Waals surface area contributed by atoms with Crippen LogP contribution in [0.5, 0.6) is 0 Å². The number of rotatable bonds is 6. The number of aromatic nitrogens is 2. The van der Waals surface area contributed by atoms with Gasteiger partial charge in [0.25, 0.3) is 0 Å². The first-order valence-corrected chi connectivity index (χ1v) is 17.9. The predicted octanol–water partition coefficient (Wildman–Crippen LogP) is 13.9. The molecule has 0 aliphatic heterocycles. The molecule has 0 fully saturated rings. The summed E-state index contributed by atoms with van der Waals surface area (Å²) in [5.74, 6) is 0.550. The zero-order valence-electron chi connectivity index (χ0n) is 42.3. The quantitative estimate of drug-likeness (QED) is 0.171. The summed E-state index contributed by atoms with van der Waals surface area (Å²) in [6, 6.07) is 43.6. The molecule has 0 bridgehead atoms. The maximum Gasteiger partial charge on any atom is 0.160 e. The van der Waals surface area contributed by atoms with Gasteiger partial charge in [-0.2, -0.15) is 0 Å². The number of hydrogen-bond acceptors (Lipinski definition) is 2. The van der Waals surface area contributed by atoms with Crippen LogP contribution in [-0.2, 0) is 5.41 Å². The van der Waals surface area contributed by atoms with Gasteiger partial charge in [0, 0.05) is 30.3 Å². The monoisotopic (exact) mass is 715 g/mol. The zero-order chi connectivity index (χ0) is 48.0. The third-order valence-electron chi connectivity index (χ3n) is 10.2. The Kier molecular flexibility index (Phi) is 5.21. The van der Waals surface area contributed by atoms with Crippen LogP contribution in [0.15, 0.2) is 194 Å². The molecule has 2 heteroatoms. The van der Waals surface area contributed by atoms with E-state index >= 15 is 0 Å². The summed E-state index contributed by atoms with van der Waals surface area (Å²) in [5, 5.41) is 1.70. The summed E-state index contributed by atoms with van der Waals surface area (Å²) in [6.45, 7) is -7.00. The SMILES string of the molecule is [2H]c1c([2H])c([2H])c2c(c1[2H])-c1c([2H])c([2H])c(-c3cccc(-c4ccc(-c5cc(-c6ccc(-c7ccccc7)cc6)nc(-c6ccccc6)n5)c5ccccc45)c3)c([2H])c1C2(C([2H])([2H])[2H])C([2H])([2H])[2H]. The molecule has 0 atom stereocenters. The van der Waals surface area contributed by atoms with Gasteiger partial charge in [-0.3, -0.25) is 0 Å². The first kappa shape index (κ1) is 21.7. The van der Waals surface area contributed by atoms with Crippen molar-refractivity contribution in [2.75, 3.05) is 0 Å². The normalized spacial score (nSPS) is 16.5. The number of nitrogens with zero attached hydrogens (tertiary/aromatic N) is 2. The topological polar surface area (TPSA) is 25.8 Å². The maximum absolute atomic E-state index is 9.65. The van der Waals surface area contributed by atoms with Crippen molar-refractivity contribution in [2.24, 2.45) is 0 Å². The molecule has 0 radical (unpaired) electrons. The van der Waals surface area contributed by atoms with Crippen molar-refractivity contribution in [2.45, 2.75) is 19.1 Å². The highest BCUT2D eigenvalue weighted by Crippen LogP contribution is 2.49. The molecule has 8 aromatic carbocycles. The van der Waals surface area contributed by atoms with Crippen LogP contribution in [-0.4, -0.2) is 9.97 Å². The first-order chi connectivity index (χ1) is 32.4. The molecule has 0 saturated carbocycles. The molecule has 0 saturated heterocycles. The van der Waals surface area contributed by atoms with Gasteiger partial charge in [-0.25, -0.2) is 9.97 Å². The van der Waals surface area contributed by atoms with Crippen LogP contribution in [0, 0.1) is 0 Å². The second-order valence-electron chi connectivity index (χ2n) is 13.6. The Morgan fingerprint density at radius 1 is 0.418 bits per heavy atom. The fourth-order valence-electron chi connectivity index (χ4n) is 7.46. The van der Waals surface area contributed by atoms with E-state index in [1.807, 2.05) is 97.1 Å². The fraction of sp³-hybridized carbons (Fsp3) is 0.0566. The molecule has 9 aromatic rings. The van der Waals surface area contributed by atoms with Crippen LogP contribution >= 0.6 is 0 Å². The van der Waals surface area contributed by atoms with Crippen molar-refractivity contribution in [3.05, 3.63) is 205 Å². The Balaban J connectivity index is 1.14. The molecule has 2 nitrogen and oxygen atoms in total. The average molecular weight is 716 g/mol. The van der Waals surface area contributed by atoms with E-state index in [4.69, 9.17) is 23.7 Å². The van der Waals surface area contributed by atoms with Crippen molar-refractivity contribution in [1.82, 2.24) is 9.97 Å². The molecule has 1 aromatic heterocycles. The Labute approximate surface area is 340 Å². The molecule has 0 spiro atoms. The Hall–Kier alpha value is -6.90. The van der Waals surface area contributed by atoms with Crippen LogP contribution in [0.3, 0.4) is 0 Å². The van der Waals surface area contributed by atoms with Crippen molar-refractivity contribution in [3.63, 3.8) is 0 Å². The number of benzene rings is 8. The van der Waals surface area contributed by atoms with Crippen molar-refractivity contribution < 1.29 is 17.8 Å². The maximum atomic E-state index is 9.65.